The van der Waals surface area contributed by atoms with Gasteiger partial charge in [-0.15, -0.1) is 0 Å². The smallest absolute Gasteiger partial charge is 0.437 e. The first-order valence-corrected chi connectivity index (χ1v) is 33.6. The van der Waals surface area contributed by atoms with Crippen molar-refractivity contribution < 1.29 is 112 Å². The molecule has 5 N–H and O–H groups in total. The molecule has 47 heteroatoms. The highest BCUT2D eigenvalue weighted by molar-refractivity contribution is 7.48. The number of ether oxygens (including phenoxy) is 7. The standard InChI is InChI=1S/C23H35FN5O11P.C22H33FN5O12P.C11H14FN5O4.3CH4/c1-14-16(24)17(29-9-8-15(30)27-20(29)33)40-23(14,10-26-28-25)11-37-41(34,38-12-35-18(31)21(2,3)4)39-13-36-19(32)22(5,6)7;1-20(2,3)17(31)35-11-38-41(34,39-12-36-18(32)21(4,5)6)37-10-22(9-25-27-24)15(30)14(23)16(40-22)28-8-7-13(29)26-19(28)33;1-6-8(12)9(17-3-2-7(19)15-10(17)20)21-11(6,5-18)4-14-16-13;;;/h8-9,14,16-17H,10-13H2,1-7H3,(H,27,30,33);7-8,14-16,30H,9-12H2,1-6H3,(H,26,29,33);2-3,6,8-9,18H,4-5H2,1H3,(H,15,19,20);3*1H4/t14-,16+,17+,23+;14-,15+,16-,22-;6-,8+,9+,11+;;;/m010.../s1. The number of aromatic amines is 3. The number of nitrogens with one attached hydrogen (secondary N) is 3. The van der Waals surface area contributed by atoms with E-state index in [1.54, 1.807) is 83.1 Å². The molecule has 3 aliphatic heterocycles. The highest BCUT2D eigenvalue weighted by Crippen LogP contribution is 2.54. The van der Waals surface area contributed by atoms with Crippen LogP contribution < -0.4 is 33.7 Å². The van der Waals surface area contributed by atoms with E-state index in [0.29, 0.717) is 4.57 Å². The predicted octanol–water partition coefficient (Wildman–Crippen LogP) is 7.39. The van der Waals surface area contributed by atoms with Crippen LogP contribution in [0.25, 0.3) is 31.3 Å². The zero-order chi connectivity index (χ0) is 78.1. The van der Waals surface area contributed by atoms with Crippen LogP contribution in [-0.2, 0) is 88.6 Å². The Morgan fingerprint density at radius 3 is 1.03 bits per heavy atom. The molecule has 0 aromatic carbocycles. The average Bonchev–Trinajstić information content (AvgIpc) is 1.63. The van der Waals surface area contributed by atoms with Crippen LogP contribution in [0.3, 0.4) is 0 Å². The number of phosphoric acid groups is 2. The summed E-state index contributed by atoms with van der Waals surface area (Å²) in [7, 11) is -9.56. The lowest BCUT2D eigenvalue weighted by atomic mass is 9.88. The number of alkyl halides is 3. The van der Waals surface area contributed by atoms with Crippen LogP contribution in [0.4, 0.5) is 13.2 Å². The summed E-state index contributed by atoms with van der Waals surface area (Å²) in [4.78, 5) is 132. The molecule has 3 aromatic heterocycles. The van der Waals surface area contributed by atoms with E-state index >= 15 is 8.78 Å². The fraction of sp³-hybridized carbons (Fsp3) is 0.729. The topological polar surface area (TPSA) is 574 Å². The van der Waals surface area contributed by atoms with Gasteiger partial charge in [0, 0.05) is 63.4 Å². The number of halogens is 3. The molecule has 598 valence electrons. The quantitative estimate of drug-likeness (QED) is 0.00899. The maximum Gasteiger partial charge on any atom is 0.480 e. The van der Waals surface area contributed by atoms with Gasteiger partial charge in [0.1, 0.15) is 22.9 Å². The van der Waals surface area contributed by atoms with Crippen LogP contribution in [0, 0.1) is 33.5 Å². The number of azide groups is 3. The zero-order valence-electron chi connectivity index (χ0n) is 58.2. The van der Waals surface area contributed by atoms with Gasteiger partial charge in [-0.1, -0.05) is 51.5 Å². The first kappa shape index (κ1) is 95.7. The maximum absolute atomic E-state index is 15.5. The van der Waals surface area contributed by atoms with E-state index < -0.39 is 227 Å². The van der Waals surface area contributed by atoms with Crippen LogP contribution in [0.2, 0.25) is 0 Å². The monoisotopic (exact) mass is 1560 g/mol. The Kier molecular flexibility index (Phi) is 35.6. The molecule has 0 spiro atoms. The molecule has 3 fully saturated rings. The molecule has 12 atom stereocenters. The summed E-state index contributed by atoms with van der Waals surface area (Å²) in [5.41, 5.74) is 11.9. The van der Waals surface area contributed by atoms with Crippen LogP contribution in [0.1, 0.15) is 138 Å². The minimum atomic E-state index is -4.84. The van der Waals surface area contributed by atoms with Crippen molar-refractivity contribution in [2.75, 3.05) is 66.6 Å². The fourth-order valence-electron chi connectivity index (χ4n) is 8.83. The van der Waals surface area contributed by atoms with Crippen LogP contribution in [0.5, 0.6) is 0 Å². The van der Waals surface area contributed by atoms with Gasteiger partial charge in [0.25, 0.3) is 16.7 Å². The Bertz CT molecular complexity index is 3840. The Labute approximate surface area is 603 Å². The van der Waals surface area contributed by atoms with E-state index in [4.69, 9.17) is 76.9 Å². The normalized spacial score (nSPS) is 24.2. The SMILES string of the molecule is C.C.C.CC(C)(C)C(=O)OCOP(=O)(OCOC(=O)C(C)(C)C)OC[C@@]1(CN=[N+]=[N-])O[C@@H](n2ccc(=O)[nH]c2=O)[C@H](F)[C@@H]1O.C[C@H]1[C@@H](F)[C@H](n2ccc(=O)[nH]c2=O)O[C@@]1(CO)CN=[N+]=[N-].C[C@H]1[C@@H](F)[C@H](n2ccc(=O)[nH]c2=O)O[C@]1(CN=[N+]=[N-])COP(=O)(OCOC(=O)C(C)(C)C)OCOC(=O)C(C)(C)C. The lowest BCUT2D eigenvalue weighted by Crippen LogP contribution is -2.48. The van der Waals surface area contributed by atoms with Gasteiger partial charge in [0.15, 0.2) is 37.2 Å². The highest BCUT2D eigenvalue weighted by atomic mass is 31.2. The molecule has 6 rings (SSSR count). The van der Waals surface area contributed by atoms with Crippen LogP contribution >= 0.6 is 15.6 Å². The Balaban J connectivity index is 0.000000822. The molecule has 0 bridgehead atoms. The van der Waals surface area contributed by atoms with Gasteiger partial charge in [-0.25, -0.2) is 54.8 Å². The minimum Gasteiger partial charge on any atom is -0.437 e. The molecule has 3 aliphatic rings. The zero-order valence-corrected chi connectivity index (χ0v) is 60.0. The molecule has 0 amide bonds. The minimum absolute atomic E-state index is 0. The van der Waals surface area contributed by atoms with E-state index in [0.717, 1.165) is 45.9 Å². The number of aliphatic hydroxyl groups excluding tert-OH is 2. The second-order valence-corrected chi connectivity index (χ2v) is 30.4. The first-order chi connectivity index (χ1) is 47.6. The van der Waals surface area contributed by atoms with E-state index in [2.05, 4.69) is 30.1 Å². The lowest BCUT2D eigenvalue weighted by Gasteiger charge is -2.32. The predicted molar refractivity (Wildman–Crippen MR) is 364 cm³/mol. The number of rotatable bonds is 28. The lowest BCUT2D eigenvalue weighted by molar-refractivity contribution is -0.166. The van der Waals surface area contributed by atoms with Gasteiger partial charge in [-0.2, -0.15) is 0 Å². The number of carbonyl (C=O) groups excluding carboxylic acids is 4. The Morgan fingerprint density at radius 2 is 0.745 bits per heavy atom. The van der Waals surface area contributed by atoms with Gasteiger partial charge in [0.05, 0.1) is 61.1 Å². The third-order valence-electron chi connectivity index (χ3n) is 15.2. The van der Waals surface area contributed by atoms with Crippen molar-refractivity contribution in [3.63, 3.8) is 0 Å². The second-order valence-electron chi connectivity index (χ2n) is 27.1. The summed E-state index contributed by atoms with van der Waals surface area (Å²) in [6.07, 6.45) is -9.66. The van der Waals surface area contributed by atoms with E-state index in [1.807, 2.05) is 15.0 Å². The third kappa shape index (κ3) is 25.4. The van der Waals surface area contributed by atoms with Crippen LogP contribution in [-0.4, -0.2) is 171 Å². The molecular weight excluding hydrogens is 1470 g/mol. The second kappa shape index (κ2) is 39.5. The van der Waals surface area contributed by atoms with E-state index in [9.17, 15) is 71.7 Å². The summed E-state index contributed by atoms with van der Waals surface area (Å²) < 4.78 is 142. The molecule has 42 nitrogen and oxygen atoms in total. The number of phosphoric ester groups is 2. The summed E-state index contributed by atoms with van der Waals surface area (Å²) in [5.74, 6) is -4.84. The molecule has 106 heavy (non-hydrogen) atoms. The molecule has 0 radical (unpaired) electrons. The van der Waals surface area contributed by atoms with Gasteiger partial charge in [-0.3, -0.25) is 71.3 Å². The van der Waals surface area contributed by atoms with Gasteiger partial charge >= 0.3 is 56.6 Å². The Hall–Kier alpha value is -8.34. The molecule has 0 saturated carbocycles. The van der Waals surface area contributed by atoms with Crippen molar-refractivity contribution in [1.29, 1.82) is 0 Å². The van der Waals surface area contributed by atoms with Gasteiger partial charge in [-0.05, 0) is 99.7 Å². The number of esters is 4. The van der Waals surface area contributed by atoms with E-state index in [1.165, 1.54) is 13.8 Å². The van der Waals surface area contributed by atoms with Crippen molar-refractivity contribution in [2.24, 2.45) is 48.8 Å². The van der Waals surface area contributed by atoms with Crippen molar-refractivity contribution in [3.05, 3.63) is 131 Å². The van der Waals surface area contributed by atoms with Crippen molar-refractivity contribution in [3.8, 4) is 0 Å². The molecule has 6 heterocycles. The number of hydrogen-bond donors (Lipinski definition) is 5. The fourth-order valence-corrected chi connectivity index (χ4v) is 10.8. The maximum atomic E-state index is 15.5. The number of H-pyrrole nitrogens is 3. The summed E-state index contributed by atoms with van der Waals surface area (Å²) in [5, 5.41) is 30.3. The van der Waals surface area contributed by atoms with Crippen molar-refractivity contribution in [1.82, 2.24) is 28.7 Å². The van der Waals surface area contributed by atoms with Crippen molar-refractivity contribution >= 4 is 39.5 Å². The van der Waals surface area contributed by atoms with Gasteiger partial charge < -0.3 is 43.4 Å². The first-order valence-electron chi connectivity index (χ1n) is 30.6. The average molecular weight is 1560 g/mol. The summed E-state index contributed by atoms with van der Waals surface area (Å²) in [6, 6.07) is 2.95. The van der Waals surface area contributed by atoms with Crippen LogP contribution in [0.15, 0.2) is 80.9 Å². The number of aromatic nitrogens is 6. The van der Waals surface area contributed by atoms with Crippen molar-refractivity contribution in [2.45, 2.75) is 179 Å². The number of hydrogen-bond acceptors (Lipinski definition) is 30. The third-order valence-corrected chi connectivity index (χ3v) is 17.8. The van der Waals surface area contributed by atoms with E-state index in [-0.39, 0.29) is 28.8 Å². The number of nitrogens with zero attached hydrogens (tertiary/aromatic N) is 12. The highest BCUT2D eigenvalue weighted by Gasteiger charge is 2.59. The number of carbonyl (C=O) groups is 4. The summed E-state index contributed by atoms with van der Waals surface area (Å²) in [6.45, 7) is 13.9. The Morgan fingerprint density at radius 1 is 0.491 bits per heavy atom. The molecule has 0 unspecified atom stereocenters. The molecule has 3 aromatic rings. The largest absolute Gasteiger partial charge is 0.480 e. The molecule has 3 saturated heterocycles. The van der Waals surface area contributed by atoms with Gasteiger partial charge in [0.2, 0.25) is 27.2 Å². The summed E-state index contributed by atoms with van der Waals surface area (Å²) >= 11 is 0. The number of aliphatic hydroxyl groups is 2. The molecule has 0 aliphatic carbocycles. The molecular formula is C59H94F3N15O27P2.